The molecule has 1 unspecified atom stereocenters. The van der Waals surface area contributed by atoms with Crippen LogP contribution < -0.4 is 5.73 Å². The van der Waals surface area contributed by atoms with Crippen molar-refractivity contribution in [3.05, 3.63) is 24.2 Å². The third-order valence-corrected chi connectivity index (χ3v) is 3.84. The SMILES string of the molecule is Nc1ncnn2c([C@@]3(CF)O[C@H](CO)C(O)[C@@H]3O)ccc12. The lowest BCUT2D eigenvalue weighted by Gasteiger charge is -2.28. The number of alkyl halides is 1. The van der Waals surface area contributed by atoms with Crippen LogP contribution in [0.3, 0.4) is 0 Å². The number of hydrogen-bond acceptors (Lipinski definition) is 7. The maximum atomic E-state index is 13.7. The van der Waals surface area contributed by atoms with Gasteiger partial charge in [0.25, 0.3) is 0 Å². The molecule has 0 saturated carbocycles. The number of nitrogens with two attached hydrogens (primary N) is 1. The molecule has 1 fully saturated rings. The summed E-state index contributed by atoms with van der Waals surface area (Å²) in [5.41, 5.74) is 4.51. The molecule has 2 aromatic rings. The summed E-state index contributed by atoms with van der Waals surface area (Å²) in [5, 5.41) is 33.2. The third-order valence-electron chi connectivity index (χ3n) is 3.84. The van der Waals surface area contributed by atoms with Gasteiger partial charge in [0.15, 0.2) is 11.4 Å². The Balaban J connectivity index is 2.17. The first-order chi connectivity index (χ1) is 10.0. The van der Waals surface area contributed by atoms with Gasteiger partial charge in [0.2, 0.25) is 0 Å². The molecule has 1 saturated heterocycles. The summed E-state index contributed by atoms with van der Waals surface area (Å²) in [6.07, 6.45) is -2.84. The van der Waals surface area contributed by atoms with E-state index in [9.17, 15) is 14.6 Å². The lowest BCUT2D eigenvalue weighted by Crippen LogP contribution is -2.43. The Hall–Kier alpha value is -1.81. The first-order valence-electron chi connectivity index (χ1n) is 6.34. The van der Waals surface area contributed by atoms with Crippen LogP contribution in [-0.2, 0) is 10.3 Å². The predicted molar refractivity (Wildman–Crippen MR) is 69.0 cm³/mol. The van der Waals surface area contributed by atoms with Crippen molar-refractivity contribution in [2.45, 2.75) is 23.9 Å². The normalized spacial score (nSPS) is 32.9. The molecule has 8 nitrogen and oxygen atoms in total. The summed E-state index contributed by atoms with van der Waals surface area (Å²) in [5.74, 6) is 0.192. The Morgan fingerprint density at radius 2 is 2.19 bits per heavy atom. The number of nitrogens with zero attached hydrogens (tertiary/aromatic N) is 3. The second-order valence-electron chi connectivity index (χ2n) is 4.96. The summed E-state index contributed by atoms with van der Waals surface area (Å²) in [6, 6.07) is 3.06. The molecule has 3 rings (SSSR count). The number of aliphatic hydroxyl groups is 3. The maximum Gasteiger partial charge on any atom is 0.167 e. The van der Waals surface area contributed by atoms with E-state index in [4.69, 9.17) is 15.6 Å². The molecule has 0 radical (unpaired) electrons. The predicted octanol–water partition coefficient (Wildman–Crippen LogP) is -1.41. The lowest BCUT2D eigenvalue weighted by atomic mass is 9.92. The van der Waals surface area contributed by atoms with Gasteiger partial charge in [-0.1, -0.05) is 0 Å². The van der Waals surface area contributed by atoms with Gasteiger partial charge >= 0.3 is 0 Å². The minimum Gasteiger partial charge on any atom is -0.394 e. The largest absolute Gasteiger partial charge is 0.394 e. The van der Waals surface area contributed by atoms with Gasteiger partial charge in [-0.25, -0.2) is 13.9 Å². The molecule has 9 heteroatoms. The molecule has 3 heterocycles. The van der Waals surface area contributed by atoms with Crippen molar-refractivity contribution in [1.82, 2.24) is 14.6 Å². The highest BCUT2D eigenvalue weighted by Gasteiger charge is 2.56. The van der Waals surface area contributed by atoms with Crippen LogP contribution >= 0.6 is 0 Å². The maximum absolute atomic E-state index is 13.7. The number of hydrogen-bond donors (Lipinski definition) is 4. The first-order valence-corrected chi connectivity index (χ1v) is 6.34. The highest BCUT2D eigenvalue weighted by Crippen LogP contribution is 2.41. The second kappa shape index (κ2) is 4.88. The van der Waals surface area contributed by atoms with Crippen molar-refractivity contribution in [2.24, 2.45) is 0 Å². The van der Waals surface area contributed by atoms with E-state index >= 15 is 0 Å². The zero-order valence-electron chi connectivity index (χ0n) is 10.9. The molecule has 114 valence electrons. The molecule has 4 atom stereocenters. The average molecular weight is 298 g/mol. The molecule has 1 aliphatic heterocycles. The van der Waals surface area contributed by atoms with Crippen LogP contribution in [0.5, 0.6) is 0 Å². The van der Waals surface area contributed by atoms with Gasteiger partial charge in [0, 0.05) is 0 Å². The minimum absolute atomic E-state index is 0.191. The van der Waals surface area contributed by atoms with Gasteiger partial charge < -0.3 is 25.8 Å². The van der Waals surface area contributed by atoms with Crippen LogP contribution in [0.15, 0.2) is 18.5 Å². The number of ether oxygens (including phenoxy) is 1. The molecule has 5 N–H and O–H groups in total. The van der Waals surface area contributed by atoms with Crippen LogP contribution in [0.25, 0.3) is 5.52 Å². The van der Waals surface area contributed by atoms with Gasteiger partial charge in [-0.3, -0.25) is 0 Å². The molecular formula is C12H15FN4O4. The van der Waals surface area contributed by atoms with Crippen LogP contribution in [0.4, 0.5) is 10.2 Å². The second-order valence-corrected chi connectivity index (χ2v) is 4.96. The highest BCUT2D eigenvalue weighted by molar-refractivity contribution is 5.65. The fourth-order valence-electron chi connectivity index (χ4n) is 2.70. The van der Waals surface area contributed by atoms with Crippen molar-refractivity contribution in [3.8, 4) is 0 Å². The van der Waals surface area contributed by atoms with Gasteiger partial charge in [-0.05, 0) is 12.1 Å². The van der Waals surface area contributed by atoms with Crippen LogP contribution in [0, 0.1) is 0 Å². The molecule has 0 amide bonds. The smallest absolute Gasteiger partial charge is 0.167 e. The van der Waals surface area contributed by atoms with Crippen molar-refractivity contribution in [2.75, 3.05) is 19.0 Å². The zero-order valence-corrected chi connectivity index (χ0v) is 10.9. The molecule has 0 aromatic carbocycles. The summed E-state index contributed by atoms with van der Waals surface area (Å²) in [7, 11) is 0. The van der Waals surface area contributed by atoms with Gasteiger partial charge in [0.05, 0.1) is 12.3 Å². The average Bonchev–Trinajstić information content (AvgIpc) is 3.03. The molecule has 0 aliphatic carbocycles. The van der Waals surface area contributed by atoms with E-state index in [1.165, 1.54) is 16.9 Å². The van der Waals surface area contributed by atoms with E-state index in [0.29, 0.717) is 5.52 Å². The van der Waals surface area contributed by atoms with Crippen molar-refractivity contribution >= 4 is 11.3 Å². The molecule has 1 aliphatic rings. The van der Waals surface area contributed by atoms with E-state index in [2.05, 4.69) is 10.1 Å². The van der Waals surface area contributed by atoms with Crippen molar-refractivity contribution < 1.29 is 24.4 Å². The van der Waals surface area contributed by atoms with E-state index in [1.54, 1.807) is 6.07 Å². The highest BCUT2D eigenvalue weighted by atomic mass is 19.1. The summed E-state index contributed by atoms with van der Waals surface area (Å²) in [6.45, 7) is -1.64. The van der Waals surface area contributed by atoms with Crippen LogP contribution in [0.2, 0.25) is 0 Å². The minimum atomic E-state index is -1.82. The Labute approximate surface area is 118 Å². The Morgan fingerprint density at radius 1 is 1.43 bits per heavy atom. The summed E-state index contributed by atoms with van der Waals surface area (Å²) < 4.78 is 20.4. The monoisotopic (exact) mass is 298 g/mol. The van der Waals surface area contributed by atoms with Crippen LogP contribution in [0.1, 0.15) is 5.69 Å². The Kier molecular flexibility index (Phi) is 3.29. The molecule has 0 spiro atoms. The third kappa shape index (κ3) is 1.82. The van der Waals surface area contributed by atoms with Gasteiger partial charge in [-0.15, -0.1) is 0 Å². The fourth-order valence-corrected chi connectivity index (χ4v) is 2.70. The van der Waals surface area contributed by atoms with E-state index in [0.717, 1.165) is 0 Å². The van der Waals surface area contributed by atoms with Gasteiger partial charge in [-0.2, -0.15) is 5.10 Å². The summed E-state index contributed by atoms with van der Waals surface area (Å²) >= 11 is 0. The van der Waals surface area contributed by atoms with Crippen molar-refractivity contribution in [1.29, 1.82) is 0 Å². The van der Waals surface area contributed by atoms with Crippen molar-refractivity contribution in [3.63, 3.8) is 0 Å². The van der Waals surface area contributed by atoms with E-state index < -0.39 is 37.2 Å². The zero-order chi connectivity index (χ0) is 15.2. The number of halogens is 1. The molecule has 2 aromatic heterocycles. The molecule has 0 bridgehead atoms. The van der Waals surface area contributed by atoms with Gasteiger partial charge in [0.1, 0.15) is 36.8 Å². The number of rotatable bonds is 3. The molecule has 21 heavy (non-hydrogen) atoms. The molecular weight excluding hydrogens is 283 g/mol. The number of aliphatic hydroxyl groups excluding tert-OH is 3. The number of aromatic nitrogens is 3. The Bertz CT molecular complexity index is 666. The topological polar surface area (TPSA) is 126 Å². The fraction of sp³-hybridized carbons (Fsp3) is 0.500. The first kappa shape index (κ1) is 14.1. The van der Waals surface area contributed by atoms with E-state index in [1.807, 2.05) is 0 Å². The number of fused-ring (bicyclic) bond motifs is 1. The van der Waals surface area contributed by atoms with Crippen LogP contribution in [-0.4, -0.2) is 61.5 Å². The quantitative estimate of drug-likeness (QED) is 0.548. The standard InChI is InChI=1S/C12H15FN4O4/c13-4-12(10(20)9(19)7(3-18)21-12)8-2-1-6-11(14)15-5-16-17(6)8/h1-2,5,7,9-10,18-20H,3-4H2,(H2,14,15,16)/t7-,9?,10+,12-/m1/s1. The number of nitrogen functional groups attached to an aromatic ring is 1. The number of anilines is 1. The lowest BCUT2D eigenvalue weighted by molar-refractivity contribution is -0.113. The Morgan fingerprint density at radius 3 is 2.81 bits per heavy atom. The summed E-state index contributed by atoms with van der Waals surface area (Å²) in [4.78, 5) is 3.82. The van der Waals surface area contributed by atoms with E-state index in [-0.39, 0.29) is 11.5 Å².